The van der Waals surface area contributed by atoms with Crippen LogP contribution < -0.4 is 120 Å². The monoisotopic (exact) mass is 1820 g/mol. The van der Waals surface area contributed by atoms with Crippen LogP contribution in [0.2, 0.25) is 0 Å². The van der Waals surface area contributed by atoms with Gasteiger partial charge in [-0.2, -0.15) is 0 Å². The van der Waals surface area contributed by atoms with E-state index in [4.69, 9.17) is 40.1 Å². The van der Waals surface area contributed by atoms with E-state index in [1.165, 1.54) is 6.92 Å². The van der Waals surface area contributed by atoms with Crippen LogP contribution in [-0.2, 0) is 83.1 Å². The van der Waals surface area contributed by atoms with Crippen LogP contribution in [0, 0.1) is 35.5 Å². The second-order valence-corrected chi connectivity index (χ2v) is 34.9. The number of primary amides is 1. The van der Waals surface area contributed by atoms with Gasteiger partial charge in [0.05, 0.1) is 19.8 Å². The maximum Gasteiger partial charge on any atom is 0.245 e. The lowest BCUT2D eigenvalue weighted by Crippen LogP contribution is -2.62. The Morgan fingerprint density at radius 1 is 0.318 bits per heavy atom. The number of aliphatic hydroxyl groups is 2. The van der Waals surface area contributed by atoms with Crippen molar-refractivity contribution in [2.45, 2.75) is 322 Å². The van der Waals surface area contributed by atoms with E-state index >= 15 is 19.2 Å². The lowest BCUT2D eigenvalue weighted by atomic mass is 9.94. The zero-order chi connectivity index (χ0) is 97.2. The predicted octanol–water partition coefficient (Wildman–Crippen LogP) is -2.65. The van der Waals surface area contributed by atoms with Crippen molar-refractivity contribution < 1.29 is 86.9 Å². The number of benzene rings is 1. The first-order valence-electron chi connectivity index (χ1n) is 46.0. The molecule has 0 aliphatic carbocycles. The van der Waals surface area contributed by atoms with Gasteiger partial charge >= 0.3 is 0 Å². The van der Waals surface area contributed by atoms with E-state index in [0.717, 1.165) is 0 Å². The van der Waals surface area contributed by atoms with Crippen molar-refractivity contribution in [3.05, 3.63) is 36.0 Å². The quantitative estimate of drug-likeness (QED) is 0.0301. The van der Waals surface area contributed by atoms with Crippen LogP contribution in [0.15, 0.2) is 30.5 Å². The summed E-state index contributed by atoms with van der Waals surface area (Å²) < 4.78 is 0. The fourth-order valence-electron chi connectivity index (χ4n) is 14.3. The molecule has 16 amide bonds. The van der Waals surface area contributed by atoms with Gasteiger partial charge in [-0.05, 0) is 202 Å². The molecule has 0 spiro atoms. The molecule has 2 rings (SSSR count). The topological polar surface area (TPSA) is 692 Å². The Morgan fingerprint density at radius 2 is 0.589 bits per heavy atom. The number of aliphatic hydroxyl groups excluding tert-OH is 2. The Labute approximate surface area is 759 Å². The second kappa shape index (κ2) is 62.3. The molecule has 0 aliphatic heterocycles. The van der Waals surface area contributed by atoms with Gasteiger partial charge in [0.2, 0.25) is 94.5 Å². The van der Waals surface area contributed by atoms with E-state index in [2.05, 4.69) is 84.7 Å². The van der Waals surface area contributed by atoms with Crippen LogP contribution in [0.4, 0.5) is 0 Å². The van der Waals surface area contributed by atoms with E-state index < -0.39 is 217 Å². The van der Waals surface area contributed by atoms with E-state index in [-0.39, 0.29) is 127 Å². The normalized spacial score (nSPS) is 15.7. The third-order valence-electron chi connectivity index (χ3n) is 22.6. The Kier molecular flexibility index (Phi) is 55.5. The summed E-state index contributed by atoms with van der Waals surface area (Å²) in [5.74, 6) is -15.5. The maximum atomic E-state index is 15.3. The number of carbonyl (C=O) groups is 16. The average Bonchev–Trinajstić information content (AvgIpc) is 1.67. The minimum atomic E-state index is -1.79. The van der Waals surface area contributed by atoms with Gasteiger partial charge in [0.25, 0.3) is 0 Å². The number of H-pyrrole nitrogens is 1. The smallest absolute Gasteiger partial charge is 0.245 e. The third-order valence-corrected chi connectivity index (χ3v) is 22.6. The van der Waals surface area contributed by atoms with Crippen molar-refractivity contribution in [3.63, 3.8) is 0 Å². The molecule has 18 atom stereocenters. The van der Waals surface area contributed by atoms with E-state index in [0.29, 0.717) is 87.2 Å². The summed E-state index contributed by atoms with van der Waals surface area (Å²) in [5.41, 5.74) is 41.8. The van der Waals surface area contributed by atoms with Crippen LogP contribution in [0.3, 0.4) is 0 Å². The predicted molar refractivity (Wildman–Crippen MR) is 490 cm³/mol. The summed E-state index contributed by atoms with van der Waals surface area (Å²) in [6.07, 6.45) is 6.57. The number of nitrogens with two attached hydrogens (primary N) is 7. The molecule has 0 saturated heterocycles. The fourth-order valence-corrected chi connectivity index (χ4v) is 14.3. The van der Waals surface area contributed by atoms with Crippen molar-refractivity contribution in [1.29, 1.82) is 0 Å². The molecule has 2 aromatic rings. The lowest BCUT2D eigenvalue weighted by Gasteiger charge is -2.31. The van der Waals surface area contributed by atoms with E-state index in [1.54, 1.807) is 107 Å². The van der Waals surface area contributed by atoms with Gasteiger partial charge in [-0.25, -0.2) is 0 Å². The minimum Gasteiger partial charge on any atom is -0.394 e. The summed E-state index contributed by atoms with van der Waals surface area (Å²) >= 11 is 0. The maximum absolute atomic E-state index is 15.3. The van der Waals surface area contributed by atoms with Crippen LogP contribution >= 0.6 is 0 Å². The summed E-state index contributed by atoms with van der Waals surface area (Å²) in [5, 5.41) is 61.8. The molecule has 732 valence electrons. The molecule has 0 fully saturated rings. The van der Waals surface area contributed by atoms with Crippen LogP contribution in [-0.4, -0.2) is 253 Å². The van der Waals surface area contributed by atoms with Crippen LogP contribution in [0.25, 0.3) is 10.9 Å². The molecule has 1 aromatic heterocycles. The molecule has 1 aromatic carbocycles. The number of fused-ring (bicyclic) bond motifs is 1. The summed E-state index contributed by atoms with van der Waals surface area (Å²) in [6.45, 7) is 21.2. The number of hydrogen-bond acceptors (Lipinski definition) is 24. The first-order chi connectivity index (χ1) is 61.2. The van der Waals surface area contributed by atoms with E-state index in [9.17, 15) is 67.7 Å². The van der Waals surface area contributed by atoms with Crippen LogP contribution in [0.5, 0.6) is 0 Å². The number of carbonyl (C=O) groups excluding carboxylic acids is 16. The number of nitrogens with one attached hydrogen (secondary N) is 16. The molecule has 0 saturated carbocycles. The van der Waals surface area contributed by atoms with Crippen molar-refractivity contribution in [1.82, 2.24) is 84.7 Å². The molecule has 41 heteroatoms. The highest BCUT2D eigenvalue weighted by atomic mass is 16.3. The number of hydrogen-bond donors (Lipinski definition) is 25. The van der Waals surface area contributed by atoms with E-state index in [1.807, 2.05) is 6.07 Å². The molecular formula is C88H157N23O18. The fraction of sp³-hybridized carbons (Fsp3) is 0.727. The largest absolute Gasteiger partial charge is 0.394 e. The summed E-state index contributed by atoms with van der Waals surface area (Å²) in [7, 11) is 0. The van der Waals surface area contributed by atoms with Gasteiger partial charge in [0, 0.05) is 23.5 Å². The zero-order valence-electron chi connectivity index (χ0n) is 78.2. The second-order valence-electron chi connectivity index (χ2n) is 34.9. The molecule has 0 unspecified atom stereocenters. The number of rotatable bonds is 67. The molecule has 0 bridgehead atoms. The van der Waals surface area contributed by atoms with Crippen molar-refractivity contribution in [2.75, 3.05) is 52.5 Å². The Morgan fingerprint density at radius 3 is 0.930 bits per heavy atom. The Hall–Kier alpha value is -10.0. The van der Waals surface area contributed by atoms with Crippen molar-refractivity contribution >= 4 is 105 Å². The number of unbranched alkanes of at least 4 members (excludes halogenated alkanes) is 5. The standard InChI is InChI=1S/C88H157N23O18/c1-14-52(10)71(109-70(114)45-94)87(128)106-66(43-51(8)9)82(123)107-69(48-113)85(126)108-68(47-112)84(125)104-65(42-50(6)7)81(122)103-64(41-49(4)5)80(121)101-60(32-20-25-37-90)76(117)99-62(34-22-27-39-92)78(119)105-67(44-56-46-96-58-30-18-17-29-57(56)58)83(124)102-61(33-21-26-38-91)77(118)100-63(35-23-28-40-93)79(120)110-73(54(12)16-3)88(129)111-72(53(11)15-2)86(127)97-55(13)75(116)98-59(74(95)115)31-19-24-36-89/h17-18,29-30,46,49-55,59-69,71-73,96,112-113H,14-16,19-28,31-45,47-48,89-94H2,1-13H3,(H2,95,115)(H,97,127)(H,98,116)(H,99,117)(H,100,118)(H,101,121)(H,102,124)(H,103,122)(H,104,125)(H,105,119)(H,106,128)(H,107,123)(H,108,126)(H,109,114)(H,110,120)(H,111,129)/t52-,53-,54-,55-,59-,60-,61-,62-,63-,64-,65-,66-,67-,68-,69-,71-,72-,73-/m0/s1. The highest BCUT2D eigenvalue weighted by Gasteiger charge is 2.41. The highest BCUT2D eigenvalue weighted by molar-refractivity contribution is 6.01. The average molecular weight is 1830 g/mol. The molecule has 32 N–H and O–H groups in total. The van der Waals surface area contributed by atoms with Gasteiger partial charge < -0.3 is 135 Å². The number of amides is 16. The molecule has 41 nitrogen and oxygen atoms in total. The van der Waals surface area contributed by atoms with Crippen molar-refractivity contribution in [2.24, 2.45) is 75.6 Å². The third kappa shape index (κ3) is 41.7. The Bertz CT molecular complexity index is 3850. The first-order valence-corrected chi connectivity index (χ1v) is 46.0. The van der Waals surface area contributed by atoms with Gasteiger partial charge in [-0.1, -0.05) is 121 Å². The van der Waals surface area contributed by atoms with Gasteiger partial charge in [-0.15, -0.1) is 0 Å². The number of aromatic amines is 1. The lowest BCUT2D eigenvalue weighted by molar-refractivity contribution is -0.137. The first kappa shape index (κ1) is 115. The molecule has 0 aliphatic rings. The number of aromatic nitrogens is 1. The highest BCUT2D eigenvalue weighted by Crippen LogP contribution is 2.22. The van der Waals surface area contributed by atoms with Gasteiger partial charge in [-0.3, -0.25) is 76.7 Å². The summed E-state index contributed by atoms with van der Waals surface area (Å²) in [4.78, 5) is 230. The van der Waals surface area contributed by atoms with Gasteiger partial charge in [0.15, 0.2) is 0 Å². The molecule has 0 radical (unpaired) electrons. The van der Waals surface area contributed by atoms with Crippen molar-refractivity contribution in [3.8, 4) is 0 Å². The molecular weight excluding hydrogens is 1670 g/mol. The molecule has 129 heavy (non-hydrogen) atoms. The van der Waals surface area contributed by atoms with Gasteiger partial charge in [0.1, 0.15) is 90.6 Å². The SMILES string of the molecule is CC[C@H](C)[C@H](NC(=O)CN)C(=O)N[C@@H](CC(C)C)C(=O)N[C@@H](CO)C(=O)N[C@@H](CO)C(=O)N[C@@H](CC(C)C)C(=O)N[C@@H](CC(C)C)C(=O)N[C@@H](CCCCN)C(=O)N[C@@H](CCCCN)C(=O)N[C@@H](Cc1c[nH]c2ccccc12)C(=O)N[C@@H](CCCCN)C(=O)N[C@@H](CCCCN)C(=O)N[C@H](C(=O)N[C@H](C(=O)N[C@@H](C)C(=O)N[C@@H](CCCCN)C(N)=O)[C@@H](C)CC)[C@@H](C)CC. The minimum absolute atomic E-state index is 0.00714. The number of para-hydroxylation sites is 1. The Balaban J connectivity index is 2.65. The summed E-state index contributed by atoms with van der Waals surface area (Å²) in [6, 6.07) is -13.3. The van der Waals surface area contributed by atoms with Crippen LogP contribution in [0.1, 0.15) is 230 Å². The zero-order valence-corrected chi connectivity index (χ0v) is 78.2. The molecule has 1 heterocycles.